The van der Waals surface area contributed by atoms with Gasteiger partial charge >= 0.3 is 0 Å². The predicted molar refractivity (Wildman–Crippen MR) is 96.2 cm³/mol. The van der Waals surface area contributed by atoms with Crippen molar-refractivity contribution in [1.82, 2.24) is 9.88 Å². The van der Waals surface area contributed by atoms with E-state index in [-0.39, 0.29) is 11.9 Å². The highest BCUT2D eigenvalue weighted by Gasteiger charge is 2.23. The monoisotopic (exact) mass is 338 g/mol. The minimum absolute atomic E-state index is 0.146. The lowest BCUT2D eigenvalue weighted by atomic mass is 10.0. The van der Waals surface area contributed by atoms with E-state index < -0.39 is 0 Å². The number of hydrogen-bond acceptors (Lipinski definition) is 5. The van der Waals surface area contributed by atoms with E-state index in [0.717, 1.165) is 42.5 Å². The molecule has 1 fully saturated rings. The van der Waals surface area contributed by atoms with Gasteiger partial charge in [-0.15, -0.1) is 0 Å². The number of piperidine rings is 1. The van der Waals surface area contributed by atoms with Crippen LogP contribution in [0, 0.1) is 11.3 Å². The van der Waals surface area contributed by atoms with Gasteiger partial charge in [0.15, 0.2) is 0 Å². The number of carbonyl (C=O) groups is 1. The molecule has 130 valence electrons. The molecule has 1 aliphatic heterocycles. The van der Waals surface area contributed by atoms with Crippen LogP contribution in [-0.4, -0.2) is 48.6 Å². The first kappa shape index (κ1) is 17.2. The second-order valence-electron chi connectivity index (χ2n) is 6.22. The van der Waals surface area contributed by atoms with Crippen molar-refractivity contribution < 1.29 is 9.53 Å². The van der Waals surface area contributed by atoms with Crippen LogP contribution >= 0.6 is 0 Å². The summed E-state index contributed by atoms with van der Waals surface area (Å²) in [7, 11) is 1.61. The Kier molecular flexibility index (Phi) is 5.46. The van der Waals surface area contributed by atoms with Crippen molar-refractivity contribution in [1.29, 1.82) is 5.26 Å². The van der Waals surface area contributed by atoms with Gasteiger partial charge in [-0.05, 0) is 18.9 Å². The zero-order chi connectivity index (χ0) is 17.6. The summed E-state index contributed by atoms with van der Waals surface area (Å²) >= 11 is 0. The Balaban J connectivity index is 1.69. The SMILES string of the molecule is COCCC(=O)N1CCC(Nc2c(C#N)cnc3ccccc23)CC1. The minimum atomic E-state index is 0.146. The Morgan fingerprint density at radius 3 is 2.88 bits per heavy atom. The summed E-state index contributed by atoms with van der Waals surface area (Å²) in [5, 5.41) is 13.9. The minimum Gasteiger partial charge on any atom is -0.384 e. The average molecular weight is 338 g/mol. The van der Waals surface area contributed by atoms with Crippen molar-refractivity contribution >= 4 is 22.5 Å². The van der Waals surface area contributed by atoms with Crippen molar-refractivity contribution in [3.63, 3.8) is 0 Å². The molecule has 1 aliphatic rings. The van der Waals surface area contributed by atoms with E-state index in [4.69, 9.17) is 4.74 Å². The second-order valence-corrected chi connectivity index (χ2v) is 6.22. The number of methoxy groups -OCH3 is 1. The van der Waals surface area contributed by atoms with Crippen LogP contribution in [0.15, 0.2) is 30.5 Å². The number of hydrogen-bond donors (Lipinski definition) is 1. The molecule has 2 aromatic rings. The van der Waals surface area contributed by atoms with Crippen molar-refractivity contribution in [2.24, 2.45) is 0 Å². The first-order chi connectivity index (χ1) is 12.2. The molecule has 1 aromatic heterocycles. The number of anilines is 1. The van der Waals surface area contributed by atoms with Gasteiger partial charge in [-0.25, -0.2) is 0 Å². The quantitative estimate of drug-likeness (QED) is 0.906. The van der Waals surface area contributed by atoms with Gasteiger partial charge in [0.1, 0.15) is 6.07 Å². The smallest absolute Gasteiger partial charge is 0.224 e. The van der Waals surface area contributed by atoms with Crippen LogP contribution < -0.4 is 5.32 Å². The number of benzene rings is 1. The number of nitrogens with zero attached hydrogens (tertiary/aromatic N) is 3. The van der Waals surface area contributed by atoms with Crippen LogP contribution in [0.4, 0.5) is 5.69 Å². The molecule has 0 atom stereocenters. The first-order valence-electron chi connectivity index (χ1n) is 8.54. The van der Waals surface area contributed by atoms with Gasteiger partial charge in [-0.1, -0.05) is 18.2 Å². The molecule has 1 aromatic carbocycles. The molecule has 25 heavy (non-hydrogen) atoms. The second kappa shape index (κ2) is 7.95. The summed E-state index contributed by atoms with van der Waals surface area (Å²) in [6, 6.07) is 10.3. The van der Waals surface area contributed by atoms with Crippen LogP contribution in [-0.2, 0) is 9.53 Å². The van der Waals surface area contributed by atoms with Gasteiger partial charge < -0.3 is 15.0 Å². The number of likely N-dealkylation sites (tertiary alicyclic amines) is 1. The summed E-state index contributed by atoms with van der Waals surface area (Å²) in [4.78, 5) is 18.3. The highest BCUT2D eigenvalue weighted by molar-refractivity contribution is 5.94. The lowest BCUT2D eigenvalue weighted by Gasteiger charge is -2.33. The maximum Gasteiger partial charge on any atom is 0.224 e. The molecule has 3 rings (SSSR count). The van der Waals surface area contributed by atoms with Crippen molar-refractivity contribution in [3.8, 4) is 6.07 Å². The number of carbonyl (C=O) groups excluding carboxylic acids is 1. The van der Waals surface area contributed by atoms with E-state index in [2.05, 4.69) is 16.4 Å². The normalized spacial score (nSPS) is 15.1. The zero-order valence-electron chi connectivity index (χ0n) is 14.4. The molecule has 0 spiro atoms. The maximum atomic E-state index is 12.1. The lowest BCUT2D eigenvalue weighted by molar-refractivity contribution is -0.133. The van der Waals surface area contributed by atoms with Crippen molar-refractivity contribution in [2.45, 2.75) is 25.3 Å². The molecule has 2 heterocycles. The Labute approximate surface area is 147 Å². The number of para-hydroxylation sites is 1. The number of nitrogens with one attached hydrogen (secondary N) is 1. The van der Waals surface area contributed by atoms with Gasteiger partial charge in [-0.2, -0.15) is 5.26 Å². The Morgan fingerprint density at radius 2 is 2.16 bits per heavy atom. The highest BCUT2D eigenvalue weighted by atomic mass is 16.5. The van der Waals surface area contributed by atoms with Gasteiger partial charge in [0, 0.05) is 37.8 Å². The van der Waals surface area contributed by atoms with Gasteiger partial charge in [-0.3, -0.25) is 9.78 Å². The third-order valence-corrected chi connectivity index (χ3v) is 4.61. The fourth-order valence-electron chi connectivity index (χ4n) is 3.21. The summed E-state index contributed by atoms with van der Waals surface area (Å²) in [5.74, 6) is 0.146. The van der Waals surface area contributed by atoms with E-state index in [1.165, 1.54) is 0 Å². The molecule has 6 heteroatoms. The summed E-state index contributed by atoms with van der Waals surface area (Å²) in [6.07, 6.45) is 3.77. The van der Waals surface area contributed by atoms with E-state index in [9.17, 15) is 10.1 Å². The van der Waals surface area contributed by atoms with Crippen LogP contribution in [0.1, 0.15) is 24.8 Å². The molecule has 1 amide bonds. The highest BCUT2D eigenvalue weighted by Crippen LogP contribution is 2.27. The Hall–Kier alpha value is -2.65. The number of amides is 1. The zero-order valence-corrected chi connectivity index (χ0v) is 14.4. The number of rotatable bonds is 5. The van der Waals surface area contributed by atoms with Crippen molar-refractivity contribution in [2.75, 3.05) is 32.1 Å². The molecule has 0 saturated carbocycles. The van der Waals surface area contributed by atoms with Crippen molar-refractivity contribution in [3.05, 3.63) is 36.0 Å². The molecule has 0 bridgehead atoms. The van der Waals surface area contributed by atoms with E-state index in [0.29, 0.717) is 18.6 Å². The van der Waals surface area contributed by atoms with E-state index >= 15 is 0 Å². The number of aromatic nitrogens is 1. The molecule has 0 aliphatic carbocycles. The molecule has 0 unspecified atom stereocenters. The van der Waals surface area contributed by atoms with Crippen LogP contribution in [0.3, 0.4) is 0 Å². The maximum absolute atomic E-state index is 12.1. The van der Waals surface area contributed by atoms with Gasteiger partial charge in [0.05, 0.1) is 29.8 Å². The average Bonchev–Trinajstić information content (AvgIpc) is 2.67. The fourth-order valence-corrected chi connectivity index (χ4v) is 3.21. The summed E-state index contributed by atoms with van der Waals surface area (Å²) in [5.41, 5.74) is 2.27. The number of fused-ring (bicyclic) bond motifs is 1. The third-order valence-electron chi connectivity index (χ3n) is 4.61. The lowest BCUT2D eigenvalue weighted by Crippen LogP contribution is -2.42. The number of pyridine rings is 1. The fraction of sp³-hybridized carbons (Fsp3) is 0.421. The van der Waals surface area contributed by atoms with E-state index in [1.807, 2.05) is 29.2 Å². The number of ether oxygens (including phenoxy) is 1. The van der Waals surface area contributed by atoms with Crippen LogP contribution in [0.25, 0.3) is 10.9 Å². The number of nitriles is 1. The first-order valence-corrected chi connectivity index (χ1v) is 8.54. The van der Waals surface area contributed by atoms with E-state index in [1.54, 1.807) is 13.3 Å². The predicted octanol–water partition coefficient (Wildman–Crippen LogP) is 2.55. The van der Waals surface area contributed by atoms with Gasteiger partial charge in [0.2, 0.25) is 5.91 Å². The standard InChI is InChI=1S/C19H22N4O2/c1-25-11-8-18(24)23-9-6-15(7-10-23)22-19-14(12-20)13-21-17-5-3-2-4-16(17)19/h2-5,13,15H,6-11H2,1H3,(H,21,22). The summed E-state index contributed by atoms with van der Waals surface area (Å²) in [6.45, 7) is 1.92. The Morgan fingerprint density at radius 1 is 1.40 bits per heavy atom. The molecule has 1 N–H and O–H groups in total. The molecule has 6 nitrogen and oxygen atoms in total. The topological polar surface area (TPSA) is 78.2 Å². The third kappa shape index (κ3) is 3.89. The van der Waals surface area contributed by atoms with Crippen LogP contribution in [0.5, 0.6) is 0 Å². The molecular weight excluding hydrogens is 316 g/mol. The van der Waals surface area contributed by atoms with Gasteiger partial charge in [0.25, 0.3) is 0 Å². The largest absolute Gasteiger partial charge is 0.384 e. The van der Waals surface area contributed by atoms with Crippen LogP contribution in [0.2, 0.25) is 0 Å². The molecular formula is C19H22N4O2. The Bertz CT molecular complexity index is 792. The summed E-state index contributed by atoms with van der Waals surface area (Å²) < 4.78 is 4.97. The molecule has 0 radical (unpaired) electrons. The molecule has 1 saturated heterocycles.